The van der Waals surface area contributed by atoms with Gasteiger partial charge in [0.25, 0.3) is 0 Å². The van der Waals surface area contributed by atoms with Crippen LogP contribution in [0.2, 0.25) is 0 Å². The van der Waals surface area contributed by atoms with Crippen LogP contribution in [0.4, 0.5) is 13.2 Å². The van der Waals surface area contributed by atoms with Gasteiger partial charge in [-0.3, -0.25) is 0 Å². The van der Waals surface area contributed by atoms with Crippen molar-refractivity contribution in [3.05, 3.63) is 0 Å². The average Bonchev–Trinajstić information content (AvgIpc) is 2.22. The van der Waals surface area contributed by atoms with Crippen LogP contribution in [-0.4, -0.2) is 33.4 Å². The van der Waals surface area contributed by atoms with Gasteiger partial charge in [0.15, 0.2) is 6.10 Å². The standard InChI is InChI=1S/C11H19F3N2O2S/c1-7(18-8(2)11(12,13)14)9(6-15)16-19(17)10(3,4)5/h7-9,16H,1-5H3/t7-,8-,9-,19?/m1/s1. The molecule has 0 aliphatic heterocycles. The number of hydrogen-bond acceptors (Lipinski definition) is 3. The number of hydrogen-bond donors (Lipinski definition) is 1. The summed E-state index contributed by atoms with van der Waals surface area (Å²) in [7, 11) is -1.56. The second-order valence-electron chi connectivity index (χ2n) is 5.13. The summed E-state index contributed by atoms with van der Waals surface area (Å²) in [6, 6.07) is 0.686. The largest absolute Gasteiger partial charge is 0.414 e. The number of alkyl halides is 3. The maximum Gasteiger partial charge on any atom is 0.414 e. The third kappa shape index (κ3) is 6.36. The molecule has 0 aliphatic carbocycles. The second kappa shape index (κ2) is 6.68. The minimum absolute atomic E-state index is 0.621. The van der Waals surface area contributed by atoms with Crippen molar-refractivity contribution in [1.29, 1.82) is 5.26 Å². The molecule has 0 saturated carbocycles. The number of halogens is 3. The Morgan fingerprint density at radius 3 is 2.05 bits per heavy atom. The van der Waals surface area contributed by atoms with Crippen molar-refractivity contribution >= 4 is 11.0 Å². The Morgan fingerprint density at radius 1 is 1.26 bits per heavy atom. The van der Waals surface area contributed by atoms with Gasteiger partial charge >= 0.3 is 6.18 Å². The van der Waals surface area contributed by atoms with Gasteiger partial charge in [0.2, 0.25) is 0 Å². The molecule has 0 bridgehead atoms. The van der Waals surface area contributed by atoms with E-state index in [4.69, 9.17) is 10.00 Å². The molecule has 4 atom stereocenters. The number of ether oxygens (including phenoxy) is 1. The van der Waals surface area contributed by atoms with E-state index in [1.807, 2.05) is 0 Å². The lowest BCUT2D eigenvalue weighted by molar-refractivity contribution is -0.225. The fourth-order valence-electron chi connectivity index (χ4n) is 0.997. The highest BCUT2D eigenvalue weighted by atomic mass is 32.2. The molecule has 0 aromatic rings. The van der Waals surface area contributed by atoms with Gasteiger partial charge in [0.1, 0.15) is 6.04 Å². The summed E-state index contributed by atoms with van der Waals surface area (Å²) in [5.74, 6) is 0. The normalized spacial score (nSPS) is 19.3. The van der Waals surface area contributed by atoms with Gasteiger partial charge in [-0.2, -0.15) is 18.4 Å². The summed E-state index contributed by atoms with van der Waals surface area (Å²) < 4.78 is 55.4. The third-order valence-corrected chi connectivity index (χ3v) is 3.86. The molecule has 19 heavy (non-hydrogen) atoms. The maximum absolute atomic E-state index is 12.3. The van der Waals surface area contributed by atoms with Crippen LogP contribution in [0.1, 0.15) is 34.6 Å². The van der Waals surface area contributed by atoms with Crippen LogP contribution in [-0.2, 0) is 15.7 Å². The minimum atomic E-state index is -4.49. The number of nitrogens with one attached hydrogen (secondary N) is 1. The molecule has 0 spiro atoms. The first-order valence-corrected chi connectivity index (χ1v) is 6.84. The van der Waals surface area contributed by atoms with Crippen molar-refractivity contribution in [2.75, 3.05) is 0 Å². The smallest absolute Gasteiger partial charge is 0.363 e. The Hall–Kier alpha value is -0.650. The van der Waals surface area contributed by atoms with E-state index in [1.54, 1.807) is 26.8 Å². The van der Waals surface area contributed by atoms with E-state index in [0.29, 0.717) is 0 Å². The van der Waals surface area contributed by atoms with Crippen LogP contribution in [0.5, 0.6) is 0 Å². The minimum Gasteiger partial charge on any atom is -0.363 e. The predicted molar refractivity (Wildman–Crippen MR) is 66.5 cm³/mol. The Labute approximate surface area is 113 Å². The number of nitriles is 1. The lowest BCUT2D eigenvalue weighted by Crippen LogP contribution is -2.47. The summed E-state index contributed by atoms with van der Waals surface area (Å²) in [5, 5.41) is 8.92. The quantitative estimate of drug-likeness (QED) is 0.847. The zero-order chi connectivity index (χ0) is 15.4. The zero-order valence-corrected chi connectivity index (χ0v) is 12.4. The van der Waals surface area contributed by atoms with Crippen molar-refractivity contribution in [3.8, 4) is 6.07 Å². The van der Waals surface area contributed by atoms with E-state index in [1.165, 1.54) is 6.92 Å². The van der Waals surface area contributed by atoms with Crippen LogP contribution in [0.25, 0.3) is 0 Å². The predicted octanol–water partition coefficient (Wildman–Crippen LogP) is 2.29. The van der Waals surface area contributed by atoms with Crippen LogP contribution in [0.3, 0.4) is 0 Å². The van der Waals surface area contributed by atoms with Crippen molar-refractivity contribution in [3.63, 3.8) is 0 Å². The highest BCUT2D eigenvalue weighted by Gasteiger charge is 2.39. The lowest BCUT2D eigenvalue weighted by Gasteiger charge is -2.27. The highest BCUT2D eigenvalue weighted by molar-refractivity contribution is 7.84. The van der Waals surface area contributed by atoms with Gasteiger partial charge in [-0.1, -0.05) is 0 Å². The van der Waals surface area contributed by atoms with Gasteiger partial charge in [0.05, 0.1) is 27.9 Å². The first-order chi connectivity index (χ1) is 8.39. The molecular weight excluding hydrogens is 281 g/mol. The number of nitrogens with zero attached hydrogens (tertiary/aromatic N) is 1. The van der Waals surface area contributed by atoms with E-state index in [0.717, 1.165) is 6.92 Å². The van der Waals surface area contributed by atoms with Gasteiger partial charge in [-0.25, -0.2) is 8.93 Å². The van der Waals surface area contributed by atoms with Crippen molar-refractivity contribution in [2.45, 2.75) is 63.8 Å². The molecule has 0 fully saturated rings. The monoisotopic (exact) mass is 300 g/mol. The SMILES string of the molecule is C[C@@H](O[C@H](C)C(F)(F)F)[C@@H](C#N)NS(=O)C(C)(C)C. The molecule has 1 N–H and O–H groups in total. The fourth-order valence-corrected chi connectivity index (χ4v) is 1.83. The van der Waals surface area contributed by atoms with E-state index in [-0.39, 0.29) is 0 Å². The zero-order valence-electron chi connectivity index (χ0n) is 11.5. The van der Waals surface area contributed by atoms with Crippen LogP contribution >= 0.6 is 0 Å². The van der Waals surface area contributed by atoms with E-state index < -0.39 is 40.2 Å². The maximum atomic E-state index is 12.3. The molecule has 0 rings (SSSR count). The first-order valence-electron chi connectivity index (χ1n) is 5.69. The summed E-state index contributed by atoms with van der Waals surface area (Å²) >= 11 is 0. The molecule has 0 heterocycles. The fraction of sp³-hybridized carbons (Fsp3) is 0.909. The van der Waals surface area contributed by atoms with Gasteiger partial charge in [-0.15, -0.1) is 0 Å². The molecule has 4 nitrogen and oxygen atoms in total. The Bertz CT molecular complexity index is 360. The highest BCUT2D eigenvalue weighted by Crippen LogP contribution is 2.24. The topological polar surface area (TPSA) is 62.1 Å². The molecule has 0 aliphatic rings. The molecule has 0 aromatic carbocycles. The third-order valence-electron chi connectivity index (χ3n) is 2.28. The molecule has 112 valence electrons. The second-order valence-corrected chi connectivity index (χ2v) is 7.13. The number of rotatable bonds is 5. The Balaban J connectivity index is 4.64. The van der Waals surface area contributed by atoms with Crippen molar-refractivity contribution in [2.24, 2.45) is 0 Å². The summed E-state index contributed by atoms with van der Waals surface area (Å²) in [5.41, 5.74) is 0. The molecule has 0 saturated heterocycles. The Kier molecular flexibility index (Phi) is 6.45. The molecule has 0 aromatic heterocycles. The van der Waals surface area contributed by atoms with E-state index in [9.17, 15) is 17.4 Å². The molecule has 0 radical (unpaired) electrons. The summed E-state index contributed by atoms with van der Waals surface area (Å²) in [4.78, 5) is 0. The Morgan fingerprint density at radius 2 is 1.74 bits per heavy atom. The lowest BCUT2D eigenvalue weighted by atomic mass is 10.2. The summed E-state index contributed by atoms with van der Waals surface area (Å²) in [6.07, 6.45) is -7.51. The van der Waals surface area contributed by atoms with Gasteiger partial charge in [0, 0.05) is 0 Å². The first kappa shape index (κ1) is 18.4. The molecule has 0 amide bonds. The molecule has 1 unspecified atom stereocenters. The van der Waals surface area contributed by atoms with Crippen LogP contribution in [0.15, 0.2) is 0 Å². The van der Waals surface area contributed by atoms with Crippen LogP contribution in [0, 0.1) is 11.3 Å². The van der Waals surface area contributed by atoms with Gasteiger partial charge in [-0.05, 0) is 34.6 Å². The average molecular weight is 300 g/mol. The van der Waals surface area contributed by atoms with E-state index >= 15 is 0 Å². The van der Waals surface area contributed by atoms with Gasteiger partial charge < -0.3 is 4.74 Å². The van der Waals surface area contributed by atoms with Crippen LogP contribution < -0.4 is 4.72 Å². The molecule has 8 heteroatoms. The van der Waals surface area contributed by atoms with Crippen molar-refractivity contribution < 1.29 is 22.1 Å². The molecular formula is C11H19F3N2O2S. The van der Waals surface area contributed by atoms with E-state index in [2.05, 4.69) is 4.72 Å². The van der Waals surface area contributed by atoms with Crippen molar-refractivity contribution in [1.82, 2.24) is 4.72 Å². The summed E-state index contributed by atoms with van der Waals surface area (Å²) in [6.45, 7) is 7.27.